The van der Waals surface area contributed by atoms with E-state index in [9.17, 15) is 13.2 Å². The molecule has 4 aromatic rings. The Morgan fingerprint density at radius 2 is 1.81 bits per heavy atom. The molecule has 0 saturated carbocycles. The molecule has 192 valence electrons. The van der Waals surface area contributed by atoms with Crippen molar-refractivity contribution in [3.63, 3.8) is 0 Å². The van der Waals surface area contributed by atoms with E-state index in [-0.39, 0.29) is 11.8 Å². The predicted molar refractivity (Wildman–Crippen MR) is 149 cm³/mol. The Labute approximate surface area is 222 Å². The molecule has 1 fully saturated rings. The van der Waals surface area contributed by atoms with Crippen LogP contribution in [0.15, 0.2) is 72.8 Å². The van der Waals surface area contributed by atoms with Gasteiger partial charge in [-0.25, -0.2) is 8.42 Å². The summed E-state index contributed by atoms with van der Waals surface area (Å²) in [5.74, 6) is 0.764. The Bertz CT molecular complexity index is 1520. The Morgan fingerprint density at radius 1 is 1.03 bits per heavy atom. The van der Waals surface area contributed by atoms with Crippen molar-refractivity contribution < 1.29 is 13.2 Å². The molecule has 1 saturated heterocycles. The number of rotatable bonds is 9. The molecule has 0 aliphatic carbocycles. The first kappa shape index (κ1) is 25.5. The van der Waals surface area contributed by atoms with Crippen LogP contribution in [0.5, 0.6) is 0 Å². The molecule has 1 N–H and O–H groups in total. The first-order valence-corrected chi connectivity index (χ1v) is 14.9. The lowest BCUT2D eigenvalue weighted by molar-refractivity contribution is 0.0953. The van der Waals surface area contributed by atoms with Gasteiger partial charge in [0.05, 0.1) is 28.6 Å². The molecule has 0 radical (unpaired) electrons. The van der Waals surface area contributed by atoms with Crippen molar-refractivity contribution in [3.8, 4) is 11.3 Å². The number of aromatic nitrogens is 2. The van der Waals surface area contributed by atoms with Crippen LogP contribution in [0, 0.1) is 5.92 Å². The van der Waals surface area contributed by atoms with E-state index >= 15 is 0 Å². The van der Waals surface area contributed by atoms with E-state index in [4.69, 9.17) is 16.7 Å². The molecule has 1 aliphatic rings. The van der Waals surface area contributed by atoms with Crippen LogP contribution in [0.25, 0.3) is 22.2 Å². The minimum Gasteiger partial charge on any atom is -0.352 e. The largest absolute Gasteiger partial charge is 0.352 e. The van der Waals surface area contributed by atoms with Gasteiger partial charge in [0.2, 0.25) is 0 Å². The molecule has 5 rings (SSSR count). The summed E-state index contributed by atoms with van der Waals surface area (Å²) < 4.78 is 25.2. The monoisotopic (exact) mass is 535 g/mol. The molecule has 6 nitrogen and oxygen atoms in total. The van der Waals surface area contributed by atoms with Gasteiger partial charge < -0.3 is 5.32 Å². The zero-order valence-corrected chi connectivity index (χ0v) is 22.1. The molecule has 3 aromatic carbocycles. The molecule has 0 bridgehead atoms. The van der Waals surface area contributed by atoms with Crippen LogP contribution >= 0.6 is 11.6 Å². The highest BCUT2D eigenvalue weighted by molar-refractivity contribution is 7.91. The van der Waals surface area contributed by atoms with Gasteiger partial charge >= 0.3 is 0 Å². The van der Waals surface area contributed by atoms with Crippen LogP contribution in [-0.2, 0) is 16.4 Å². The minimum atomic E-state index is -2.83. The lowest BCUT2D eigenvalue weighted by Gasteiger charge is -2.09. The highest BCUT2D eigenvalue weighted by atomic mass is 35.5. The second kappa shape index (κ2) is 11.1. The molecule has 37 heavy (non-hydrogen) atoms. The number of benzene rings is 3. The number of fused-ring (bicyclic) bond motifs is 1. The molecule has 2 heterocycles. The number of sulfone groups is 1. The maximum Gasteiger partial charge on any atom is 0.251 e. The molecule has 1 aromatic heterocycles. The van der Waals surface area contributed by atoms with E-state index in [1.54, 1.807) is 0 Å². The normalized spacial score (nSPS) is 16.7. The number of nitrogens with one attached hydrogen (secondary N) is 1. The fourth-order valence-electron chi connectivity index (χ4n) is 5.01. The van der Waals surface area contributed by atoms with E-state index in [2.05, 4.69) is 17.4 Å². The van der Waals surface area contributed by atoms with Crippen LogP contribution in [0.3, 0.4) is 0 Å². The van der Waals surface area contributed by atoms with Crippen molar-refractivity contribution in [2.75, 3.05) is 18.1 Å². The second-order valence-corrected chi connectivity index (χ2v) is 12.4. The number of unbranched alkanes of at least 4 members (excludes halogenated alkanes) is 1. The Hall–Kier alpha value is -3.16. The number of amides is 1. The van der Waals surface area contributed by atoms with Crippen LogP contribution in [-0.4, -0.2) is 42.2 Å². The molecule has 1 atom stereocenters. The quantitative estimate of drug-likeness (QED) is 0.277. The molecule has 1 unspecified atom stereocenters. The van der Waals surface area contributed by atoms with E-state index < -0.39 is 9.84 Å². The molecular formula is C29H30ClN3O3S. The molecule has 8 heteroatoms. The Morgan fingerprint density at radius 3 is 2.57 bits per heavy atom. The first-order valence-electron chi connectivity index (χ1n) is 12.7. The van der Waals surface area contributed by atoms with Crippen LogP contribution in [0.1, 0.15) is 41.6 Å². The Kier molecular flexibility index (Phi) is 7.63. The highest BCUT2D eigenvalue weighted by Gasteiger charge is 2.27. The summed E-state index contributed by atoms with van der Waals surface area (Å²) in [7, 11) is -2.83. The maximum absolute atomic E-state index is 13.0. The van der Waals surface area contributed by atoms with E-state index in [0.717, 1.165) is 53.4 Å². The van der Waals surface area contributed by atoms with Crippen molar-refractivity contribution in [2.24, 2.45) is 5.92 Å². The lowest BCUT2D eigenvalue weighted by atomic mass is 10.0. The highest BCUT2D eigenvalue weighted by Crippen LogP contribution is 2.33. The number of hydrogen-bond donors (Lipinski definition) is 1. The average molecular weight is 536 g/mol. The summed E-state index contributed by atoms with van der Waals surface area (Å²) in [5.41, 5.74) is 4.20. The number of nitrogens with zero attached hydrogens (tertiary/aromatic N) is 2. The molecular weight excluding hydrogens is 506 g/mol. The van der Waals surface area contributed by atoms with Crippen molar-refractivity contribution >= 4 is 38.2 Å². The van der Waals surface area contributed by atoms with E-state index in [0.29, 0.717) is 35.2 Å². The van der Waals surface area contributed by atoms with Gasteiger partial charge in [-0.05, 0) is 55.0 Å². The maximum atomic E-state index is 13.0. The van der Waals surface area contributed by atoms with Crippen molar-refractivity contribution in [1.29, 1.82) is 0 Å². The van der Waals surface area contributed by atoms with Gasteiger partial charge in [0, 0.05) is 23.1 Å². The summed E-state index contributed by atoms with van der Waals surface area (Å²) in [6, 6.07) is 23.4. The summed E-state index contributed by atoms with van der Waals surface area (Å²) in [6.45, 7) is 1.13. The molecule has 1 amide bonds. The number of carbonyl (C=O) groups excluding carboxylic acids is 1. The molecule has 1 aliphatic heterocycles. The predicted octanol–water partition coefficient (Wildman–Crippen LogP) is 5.74. The van der Waals surface area contributed by atoms with Gasteiger partial charge in [0.15, 0.2) is 9.84 Å². The van der Waals surface area contributed by atoms with Gasteiger partial charge in [-0.3, -0.25) is 9.48 Å². The summed E-state index contributed by atoms with van der Waals surface area (Å²) in [5, 5.41) is 9.49. The third kappa shape index (κ3) is 6.05. The van der Waals surface area contributed by atoms with Crippen LogP contribution < -0.4 is 5.32 Å². The van der Waals surface area contributed by atoms with Crippen molar-refractivity contribution in [1.82, 2.24) is 15.1 Å². The van der Waals surface area contributed by atoms with Crippen molar-refractivity contribution in [3.05, 3.63) is 88.9 Å². The number of halogens is 1. The van der Waals surface area contributed by atoms with E-state index in [1.165, 1.54) is 0 Å². The average Bonchev–Trinajstić information content (AvgIpc) is 3.43. The molecule has 0 spiro atoms. The van der Waals surface area contributed by atoms with Crippen LogP contribution in [0.4, 0.5) is 0 Å². The first-order chi connectivity index (χ1) is 17.9. The van der Waals surface area contributed by atoms with Gasteiger partial charge in [-0.15, -0.1) is 0 Å². The van der Waals surface area contributed by atoms with E-state index in [1.807, 2.05) is 65.3 Å². The Balaban J connectivity index is 1.32. The van der Waals surface area contributed by atoms with Crippen molar-refractivity contribution in [2.45, 2.75) is 32.2 Å². The SMILES string of the molecule is O=C(NCCCCC1CCS(=O)(=O)C1)c1ccc2c(-c3ccccc3Cl)nn(Cc3ccccc3)c2c1. The summed E-state index contributed by atoms with van der Waals surface area (Å²) in [6.07, 6.45) is 3.39. The summed E-state index contributed by atoms with van der Waals surface area (Å²) >= 11 is 6.51. The fourth-order valence-corrected chi connectivity index (χ4v) is 7.14. The fraction of sp³-hybridized carbons (Fsp3) is 0.310. The van der Waals surface area contributed by atoms with Gasteiger partial charge in [-0.1, -0.05) is 66.6 Å². The van der Waals surface area contributed by atoms with Gasteiger partial charge in [0.25, 0.3) is 5.91 Å². The lowest BCUT2D eigenvalue weighted by Crippen LogP contribution is -2.24. The summed E-state index contributed by atoms with van der Waals surface area (Å²) in [4.78, 5) is 13.0. The van der Waals surface area contributed by atoms with Gasteiger partial charge in [0.1, 0.15) is 5.69 Å². The zero-order chi connectivity index (χ0) is 25.8. The zero-order valence-electron chi connectivity index (χ0n) is 20.6. The standard InChI is InChI=1S/C29H30ClN3O3S/c30-26-12-5-4-11-24(26)28-25-14-13-23(18-27(25)33(32-28)19-21-8-2-1-3-9-21)29(34)31-16-7-6-10-22-15-17-37(35,36)20-22/h1-5,8-9,11-14,18,22H,6-7,10,15-17,19-20H2,(H,31,34). The third-order valence-electron chi connectivity index (χ3n) is 6.97. The van der Waals surface area contributed by atoms with Crippen LogP contribution in [0.2, 0.25) is 5.02 Å². The number of carbonyl (C=O) groups is 1. The third-order valence-corrected chi connectivity index (χ3v) is 9.14. The van der Waals surface area contributed by atoms with Gasteiger partial charge in [-0.2, -0.15) is 5.10 Å². The smallest absolute Gasteiger partial charge is 0.251 e. The topological polar surface area (TPSA) is 81.1 Å². The number of hydrogen-bond acceptors (Lipinski definition) is 4. The minimum absolute atomic E-state index is 0.128. The second-order valence-electron chi connectivity index (χ2n) is 9.72.